The molecule has 2 saturated heterocycles. The van der Waals surface area contributed by atoms with Gasteiger partial charge >= 0.3 is 12.1 Å². The number of nitrogens with zero attached hydrogens (tertiary/aromatic N) is 7. The number of aromatic nitrogens is 4. The van der Waals surface area contributed by atoms with Crippen molar-refractivity contribution in [2.45, 2.75) is 19.0 Å². The Labute approximate surface area is 204 Å². The van der Waals surface area contributed by atoms with Gasteiger partial charge in [-0.1, -0.05) is 0 Å². The molecule has 0 bridgehead atoms. The highest BCUT2D eigenvalue weighted by Crippen LogP contribution is 2.44. The first kappa shape index (κ1) is 26.8. The Morgan fingerprint density at radius 1 is 1.11 bits per heavy atom. The van der Waals surface area contributed by atoms with E-state index in [1.54, 1.807) is 43.5 Å². The molecule has 2 aromatic heterocycles. The van der Waals surface area contributed by atoms with Gasteiger partial charge in [-0.2, -0.15) is 23.4 Å². The summed E-state index contributed by atoms with van der Waals surface area (Å²) in [6.45, 7) is 2.35. The third-order valence-corrected chi connectivity index (χ3v) is 6.21. The predicted molar refractivity (Wildman–Crippen MR) is 120 cm³/mol. The molecular formula is C22H26F3N7O4. The zero-order valence-electron chi connectivity index (χ0n) is 19.7. The van der Waals surface area contributed by atoms with Gasteiger partial charge in [0.2, 0.25) is 11.9 Å². The number of amides is 2. The number of hydrogen-bond acceptors (Lipinski definition) is 8. The zero-order valence-corrected chi connectivity index (χ0v) is 19.7. The van der Waals surface area contributed by atoms with E-state index < -0.39 is 17.6 Å². The average molecular weight is 509 g/mol. The molecule has 14 heteroatoms. The Hall–Kier alpha value is -3.84. The first-order valence-corrected chi connectivity index (χ1v) is 11.1. The van der Waals surface area contributed by atoms with Crippen LogP contribution < -0.4 is 4.90 Å². The number of likely N-dealkylation sites (tertiary alicyclic amines) is 1. The third kappa shape index (κ3) is 5.86. The molecule has 2 aliphatic heterocycles. The summed E-state index contributed by atoms with van der Waals surface area (Å²) in [6, 6.07) is 3.46. The van der Waals surface area contributed by atoms with Crippen molar-refractivity contribution in [3.05, 3.63) is 42.5 Å². The molecule has 0 aromatic carbocycles. The van der Waals surface area contributed by atoms with Gasteiger partial charge in [0.05, 0.1) is 23.4 Å². The number of anilines is 1. The summed E-state index contributed by atoms with van der Waals surface area (Å²) >= 11 is 0. The van der Waals surface area contributed by atoms with Gasteiger partial charge in [-0.3, -0.25) is 9.59 Å². The van der Waals surface area contributed by atoms with Crippen molar-refractivity contribution in [3.63, 3.8) is 0 Å². The molecule has 0 unspecified atom stereocenters. The fourth-order valence-electron chi connectivity index (χ4n) is 4.62. The van der Waals surface area contributed by atoms with Gasteiger partial charge in [0.15, 0.2) is 0 Å². The van der Waals surface area contributed by atoms with Crippen LogP contribution in [0.25, 0.3) is 0 Å². The number of rotatable bonds is 3. The third-order valence-electron chi connectivity index (χ3n) is 6.21. The second-order valence-corrected chi connectivity index (χ2v) is 8.77. The average Bonchev–Trinajstić information content (AvgIpc) is 3.12. The zero-order chi connectivity index (χ0) is 26.5. The van der Waals surface area contributed by atoms with Crippen LogP contribution in [0.1, 0.15) is 23.2 Å². The maximum absolute atomic E-state index is 13.3. The van der Waals surface area contributed by atoms with Gasteiger partial charge in [0, 0.05) is 58.6 Å². The summed E-state index contributed by atoms with van der Waals surface area (Å²) in [4.78, 5) is 49.6. The number of aliphatic carboxylic acids is 1. The Bertz CT molecular complexity index is 1070. The molecule has 0 saturated carbocycles. The highest BCUT2D eigenvalue weighted by molar-refractivity contribution is 5.94. The quantitative estimate of drug-likeness (QED) is 0.651. The molecule has 1 N–H and O–H groups in total. The van der Waals surface area contributed by atoms with E-state index in [4.69, 9.17) is 9.90 Å². The van der Waals surface area contributed by atoms with E-state index in [2.05, 4.69) is 25.1 Å². The number of carboxylic acids is 1. The Morgan fingerprint density at radius 3 is 2.33 bits per heavy atom. The molecule has 194 valence electrons. The summed E-state index contributed by atoms with van der Waals surface area (Å²) in [5.74, 6) is -2.08. The smallest absolute Gasteiger partial charge is 0.475 e. The van der Waals surface area contributed by atoms with Gasteiger partial charge in [-0.25, -0.2) is 14.8 Å². The van der Waals surface area contributed by atoms with Crippen LogP contribution in [0.15, 0.2) is 36.9 Å². The van der Waals surface area contributed by atoms with Crippen LogP contribution in [0.5, 0.6) is 0 Å². The Kier molecular flexibility index (Phi) is 8.05. The predicted octanol–water partition coefficient (Wildman–Crippen LogP) is 1.35. The fourth-order valence-corrected chi connectivity index (χ4v) is 4.62. The summed E-state index contributed by atoms with van der Waals surface area (Å²) < 4.78 is 31.7. The lowest BCUT2D eigenvalue weighted by Gasteiger charge is -2.34. The number of carbonyl (C=O) groups excluding carboxylic acids is 2. The van der Waals surface area contributed by atoms with Gasteiger partial charge in [-0.05, 0) is 25.0 Å². The number of hydrogen-bond donors (Lipinski definition) is 1. The van der Waals surface area contributed by atoms with E-state index in [-0.39, 0.29) is 17.7 Å². The summed E-state index contributed by atoms with van der Waals surface area (Å²) in [5, 5.41) is 14.7. The number of carbonyl (C=O) groups is 3. The standard InChI is InChI=1S/C20H25N7O2.C2HF3O2/c1-25(2)18(29)20-6-3-10-26(17(28)15-5-9-23-24-11-15)12-16(20)13-27(14-20)19-21-7-4-8-22-19;3-2(4,5)1(6)7/h4-5,7-9,11,16H,3,6,10,12-14H2,1-2H3;(H,6,7)/t16-,20-;/m0./s1. The number of alkyl halides is 3. The van der Waals surface area contributed by atoms with E-state index >= 15 is 0 Å². The second kappa shape index (κ2) is 10.8. The molecule has 2 fully saturated rings. The normalized spacial score (nSPS) is 21.5. The van der Waals surface area contributed by atoms with E-state index in [1.165, 1.54) is 12.4 Å². The lowest BCUT2D eigenvalue weighted by molar-refractivity contribution is -0.192. The van der Waals surface area contributed by atoms with Gasteiger partial charge in [-0.15, -0.1) is 0 Å². The summed E-state index contributed by atoms with van der Waals surface area (Å²) in [7, 11) is 3.60. The number of carboxylic acid groups (broad SMARTS) is 1. The molecule has 4 rings (SSSR count). The SMILES string of the molecule is CN(C)C(=O)[C@]12CCCN(C(=O)c3ccnnc3)C[C@H]1CN(c1ncccn1)C2.O=C(O)C(F)(F)F. The van der Waals surface area contributed by atoms with Crippen LogP contribution in [0.3, 0.4) is 0 Å². The molecule has 2 aromatic rings. The van der Waals surface area contributed by atoms with Crippen LogP contribution >= 0.6 is 0 Å². The van der Waals surface area contributed by atoms with Crippen molar-refractivity contribution in [3.8, 4) is 0 Å². The van der Waals surface area contributed by atoms with Crippen LogP contribution in [-0.4, -0.2) is 99.3 Å². The largest absolute Gasteiger partial charge is 0.490 e. The lowest BCUT2D eigenvalue weighted by atomic mass is 9.74. The van der Waals surface area contributed by atoms with Crippen molar-refractivity contribution >= 4 is 23.7 Å². The van der Waals surface area contributed by atoms with Gasteiger partial charge in [0.1, 0.15) is 0 Å². The minimum absolute atomic E-state index is 0.00227. The van der Waals surface area contributed by atoms with Crippen LogP contribution in [-0.2, 0) is 9.59 Å². The maximum atomic E-state index is 13.3. The molecular weight excluding hydrogens is 483 g/mol. The molecule has 4 heterocycles. The van der Waals surface area contributed by atoms with Gasteiger partial charge in [0.25, 0.3) is 5.91 Å². The van der Waals surface area contributed by atoms with Crippen molar-refractivity contribution in [1.29, 1.82) is 0 Å². The molecule has 0 spiro atoms. The summed E-state index contributed by atoms with van der Waals surface area (Å²) in [6.07, 6.45) is 2.85. The first-order chi connectivity index (χ1) is 17.0. The lowest BCUT2D eigenvalue weighted by Crippen LogP contribution is -2.47. The molecule has 11 nitrogen and oxygen atoms in total. The van der Waals surface area contributed by atoms with E-state index in [0.717, 1.165) is 12.8 Å². The molecule has 0 aliphatic carbocycles. The Balaban J connectivity index is 0.000000454. The molecule has 2 atom stereocenters. The summed E-state index contributed by atoms with van der Waals surface area (Å²) in [5.41, 5.74) is -0.0264. The van der Waals surface area contributed by atoms with Crippen molar-refractivity contribution in [2.75, 3.05) is 45.2 Å². The van der Waals surface area contributed by atoms with Crippen LogP contribution in [0.2, 0.25) is 0 Å². The van der Waals surface area contributed by atoms with E-state index in [9.17, 15) is 22.8 Å². The minimum Gasteiger partial charge on any atom is -0.475 e. The van der Waals surface area contributed by atoms with Crippen molar-refractivity contribution < 1.29 is 32.7 Å². The van der Waals surface area contributed by atoms with E-state index in [1.807, 2.05) is 4.90 Å². The van der Waals surface area contributed by atoms with Crippen LogP contribution in [0, 0.1) is 11.3 Å². The second-order valence-electron chi connectivity index (χ2n) is 8.77. The fraction of sp³-hybridized carbons (Fsp3) is 0.500. The highest BCUT2D eigenvalue weighted by atomic mass is 19.4. The van der Waals surface area contributed by atoms with Crippen molar-refractivity contribution in [2.24, 2.45) is 11.3 Å². The molecule has 36 heavy (non-hydrogen) atoms. The topological polar surface area (TPSA) is 133 Å². The minimum atomic E-state index is -5.08. The van der Waals surface area contributed by atoms with Crippen LogP contribution in [0.4, 0.5) is 19.1 Å². The molecule has 0 radical (unpaired) electrons. The van der Waals surface area contributed by atoms with E-state index in [0.29, 0.717) is 37.7 Å². The van der Waals surface area contributed by atoms with Crippen molar-refractivity contribution in [1.82, 2.24) is 30.0 Å². The Morgan fingerprint density at radius 2 is 1.78 bits per heavy atom. The monoisotopic (exact) mass is 509 g/mol. The number of fused-ring (bicyclic) bond motifs is 1. The maximum Gasteiger partial charge on any atom is 0.490 e. The highest BCUT2D eigenvalue weighted by Gasteiger charge is 2.54. The molecule has 2 amide bonds. The van der Waals surface area contributed by atoms with Gasteiger partial charge < -0.3 is 19.8 Å². The molecule has 2 aliphatic rings. The number of halogens is 3. The first-order valence-electron chi connectivity index (χ1n) is 11.1.